The van der Waals surface area contributed by atoms with Gasteiger partial charge in [0.25, 0.3) is 0 Å². The van der Waals surface area contributed by atoms with Gasteiger partial charge in [0, 0.05) is 12.7 Å². The molecule has 0 aliphatic carbocycles. The van der Waals surface area contributed by atoms with E-state index in [0.717, 1.165) is 0 Å². The predicted octanol–water partition coefficient (Wildman–Crippen LogP) is 0.572. The van der Waals surface area contributed by atoms with E-state index in [9.17, 15) is 4.39 Å². The van der Waals surface area contributed by atoms with Crippen LogP contribution in [0.25, 0.3) is 5.65 Å². The Bertz CT molecular complexity index is 645. The average molecular weight is 247 g/mol. The van der Waals surface area contributed by atoms with Crippen molar-refractivity contribution in [3.63, 3.8) is 0 Å². The van der Waals surface area contributed by atoms with Crippen LogP contribution in [-0.4, -0.2) is 36.1 Å². The molecule has 0 aliphatic heterocycles. The average Bonchev–Trinajstić information content (AvgIpc) is 2.97. The molecule has 18 heavy (non-hydrogen) atoms. The van der Waals surface area contributed by atoms with Gasteiger partial charge in [-0.3, -0.25) is 4.68 Å². The molecule has 3 heterocycles. The summed E-state index contributed by atoms with van der Waals surface area (Å²) in [5.41, 5.74) is 0.597. The van der Waals surface area contributed by atoms with Crippen LogP contribution in [0.15, 0.2) is 30.7 Å². The molecule has 8 heteroatoms. The minimum atomic E-state index is -0.346. The van der Waals surface area contributed by atoms with E-state index in [1.54, 1.807) is 23.1 Å². The van der Waals surface area contributed by atoms with Crippen molar-refractivity contribution in [1.29, 1.82) is 0 Å². The maximum absolute atomic E-state index is 13.0. The van der Waals surface area contributed by atoms with Crippen LogP contribution in [0.1, 0.15) is 0 Å². The molecule has 0 radical (unpaired) electrons. The minimum absolute atomic E-state index is 0.346. The molecule has 0 aromatic carbocycles. The molecule has 0 aliphatic rings. The van der Waals surface area contributed by atoms with E-state index in [1.807, 2.05) is 0 Å². The van der Waals surface area contributed by atoms with Gasteiger partial charge in [0.15, 0.2) is 5.65 Å². The number of nitrogens with zero attached hydrogens (tertiary/aromatic N) is 6. The van der Waals surface area contributed by atoms with Gasteiger partial charge in [-0.05, 0) is 12.1 Å². The predicted molar refractivity (Wildman–Crippen MR) is 61.5 cm³/mol. The van der Waals surface area contributed by atoms with Crippen LogP contribution in [0.3, 0.4) is 0 Å². The van der Waals surface area contributed by atoms with Crippen molar-refractivity contribution in [2.24, 2.45) is 0 Å². The van der Waals surface area contributed by atoms with Crippen molar-refractivity contribution in [1.82, 2.24) is 29.6 Å². The Hall–Kier alpha value is -2.51. The molecule has 0 spiro atoms. The summed E-state index contributed by atoms with van der Waals surface area (Å²) in [6.07, 6.45) is 4.67. The van der Waals surface area contributed by atoms with Gasteiger partial charge in [0.1, 0.15) is 5.82 Å². The second kappa shape index (κ2) is 4.40. The van der Waals surface area contributed by atoms with E-state index in [4.69, 9.17) is 0 Å². The highest BCUT2D eigenvalue weighted by molar-refractivity contribution is 5.42. The van der Waals surface area contributed by atoms with Gasteiger partial charge < -0.3 is 5.32 Å². The van der Waals surface area contributed by atoms with Crippen molar-refractivity contribution in [2.45, 2.75) is 6.54 Å². The van der Waals surface area contributed by atoms with Gasteiger partial charge >= 0.3 is 0 Å². The van der Waals surface area contributed by atoms with E-state index >= 15 is 0 Å². The maximum Gasteiger partial charge on any atom is 0.243 e. The first kappa shape index (κ1) is 10.6. The number of aromatic nitrogens is 6. The highest BCUT2D eigenvalue weighted by atomic mass is 19.1. The largest absolute Gasteiger partial charge is 0.351 e. The molecule has 3 aromatic heterocycles. The molecule has 92 valence electrons. The Morgan fingerprint density at radius 1 is 1.33 bits per heavy atom. The van der Waals surface area contributed by atoms with Crippen LogP contribution >= 0.6 is 0 Å². The third-order valence-electron chi connectivity index (χ3n) is 2.39. The number of pyridine rings is 1. The van der Waals surface area contributed by atoms with Gasteiger partial charge in [0.2, 0.25) is 5.95 Å². The van der Waals surface area contributed by atoms with Crippen molar-refractivity contribution in [3.8, 4) is 0 Å². The third kappa shape index (κ3) is 2.12. The topological polar surface area (TPSA) is 72.9 Å². The number of halogens is 1. The molecule has 0 unspecified atom stereocenters. The molecule has 0 fully saturated rings. The van der Waals surface area contributed by atoms with Crippen LogP contribution in [0.2, 0.25) is 0 Å². The third-order valence-corrected chi connectivity index (χ3v) is 2.39. The van der Waals surface area contributed by atoms with Gasteiger partial charge in [-0.2, -0.15) is 4.98 Å². The van der Waals surface area contributed by atoms with E-state index < -0.39 is 0 Å². The second-order valence-corrected chi connectivity index (χ2v) is 3.68. The van der Waals surface area contributed by atoms with Gasteiger partial charge in [-0.1, -0.05) is 5.21 Å². The van der Waals surface area contributed by atoms with Crippen LogP contribution in [0, 0.1) is 5.82 Å². The summed E-state index contributed by atoms with van der Waals surface area (Å²) in [6, 6.07) is 2.92. The lowest BCUT2D eigenvalue weighted by atomic mass is 10.5. The summed E-state index contributed by atoms with van der Waals surface area (Å²) in [5, 5.41) is 14.7. The first-order chi connectivity index (χ1) is 8.81. The number of hydrogen-bond acceptors (Lipinski definition) is 5. The number of anilines is 1. The van der Waals surface area contributed by atoms with Crippen LogP contribution < -0.4 is 5.32 Å². The standard InChI is InChI=1S/C10H10FN7/c11-8-1-2-9-14-10(15-18(9)7-8)12-3-5-17-6-4-13-16-17/h1-2,4,6-7H,3,5H2,(H,12,15). The summed E-state index contributed by atoms with van der Waals surface area (Å²) in [4.78, 5) is 4.20. The zero-order chi connectivity index (χ0) is 12.4. The molecule has 3 rings (SSSR count). The normalized spacial score (nSPS) is 10.9. The van der Waals surface area contributed by atoms with E-state index in [1.165, 1.54) is 16.8 Å². The smallest absolute Gasteiger partial charge is 0.243 e. The zero-order valence-corrected chi connectivity index (χ0v) is 9.36. The Morgan fingerprint density at radius 3 is 3.11 bits per heavy atom. The summed E-state index contributed by atoms with van der Waals surface area (Å²) >= 11 is 0. The molecule has 1 N–H and O–H groups in total. The molecule has 0 saturated heterocycles. The van der Waals surface area contributed by atoms with Crippen molar-refractivity contribution >= 4 is 11.6 Å². The molecule has 0 bridgehead atoms. The van der Waals surface area contributed by atoms with E-state index in [-0.39, 0.29) is 5.82 Å². The highest BCUT2D eigenvalue weighted by Crippen LogP contribution is 2.06. The monoisotopic (exact) mass is 247 g/mol. The number of hydrogen-bond donors (Lipinski definition) is 1. The van der Waals surface area contributed by atoms with Crippen LogP contribution in [0.5, 0.6) is 0 Å². The lowest BCUT2D eigenvalue weighted by molar-refractivity contribution is 0.606. The summed E-state index contributed by atoms with van der Waals surface area (Å²) in [5.74, 6) is 0.113. The molecule has 3 aromatic rings. The molecular weight excluding hydrogens is 237 g/mol. The van der Waals surface area contributed by atoms with Crippen molar-refractivity contribution in [2.75, 3.05) is 11.9 Å². The maximum atomic E-state index is 13.0. The number of nitrogens with one attached hydrogen (secondary N) is 1. The Balaban J connectivity index is 1.67. The summed E-state index contributed by atoms with van der Waals surface area (Å²) in [7, 11) is 0. The summed E-state index contributed by atoms with van der Waals surface area (Å²) in [6.45, 7) is 1.27. The Labute approximate surface area is 101 Å². The van der Waals surface area contributed by atoms with Crippen LogP contribution in [-0.2, 0) is 6.54 Å². The Morgan fingerprint density at radius 2 is 2.28 bits per heavy atom. The first-order valence-corrected chi connectivity index (χ1v) is 5.41. The van der Waals surface area contributed by atoms with Crippen molar-refractivity contribution in [3.05, 3.63) is 36.5 Å². The molecule has 0 saturated carbocycles. The van der Waals surface area contributed by atoms with Gasteiger partial charge in [0.05, 0.1) is 18.9 Å². The summed E-state index contributed by atoms with van der Waals surface area (Å²) < 4.78 is 16.0. The molecule has 7 nitrogen and oxygen atoms in total. The van der Waals surface area contributed by atoms with Gasteiger partial charge in [-0.25, -0.2) is 8.91 Å². The zero-order valence-electron chi connectivity index (χ0n) is 9.36. The van der Waals surface area contributed by atoms with E-state index in [0.29, 0.717) is 24.7 Å². The lowest BCUT2D eigenvalue weighted by Crippen LogP contribution is -2.11. The lowest BCUT2D eigenvalue weighted by Gasteiger charge is -2.00. The molecule has 0 atom stereocenters. The number of fused-ring (bicyclic) bond motifs is 1. The van der Waals surface area contributed by atoms with Crippen molar-refractivity contribution < 1.29 is 4.39 Å². The SMILES string of the molecule is Fc1ccc2nc(NCCn3ccnn3)nn2c1. The van der Waals surface area contributed by atoms with Crippen LogP contribution in [0.4, 0.5) is 10.3 Å². The minimum Gasteiger partial charge on any atom is -0.351 e. The second-order valence-electron chi connectivity index (χ2n) is 3.68. The number of rotatable bonds is 4. The van der Waals surface area contributed by atoms with Gasteiger partial charge in [-0.15, -0.1) is 10.2 Å². The van der Waals surface area contributed by atoms with E-state index in [2.05, 4.69) is 25.7 Å². The quantitative estimate of drug-likeness (QED) is 0.729. The Kier molecular flexibility index (Phi) is 2.60. The fourth-order valence-corrected chi connectivity index (χ4v) is 1.57. The molecular formula is C10H10FN7. The molecule has 0 amide bonds. The highest BCUT2D eigenvalue weighted by Gasteiger charge is 2.03. The fourth-order valence-electron chi connectivity index (χ4n) is 1.57. The first-order valence-electron chi connectivity index (χ1n) is 5.41. The fraction of sp³-hybridized carbons (Fsp3) is 0.200.